The van der Waals surface area contributed by atoms with E-state index >= 15 is 0 Å². The first-order chi connectivity index (χ1) is 11.6. The van der Waals surface area contributed by atoms with Crippen molar-refractivity contribution in [2.75, 3.05) is 12.3 Å². The molecule has 0 spiro atoms. The van der Waals surface area contributed by atoms with Crippen LogP contribution in [0, 0.1) is 6.92 Å². The van der Waals surface area contributed by atoms with Gasteiger partial charge in [0, 0.05) is 18.1 Å². The zero-order valence-electron chi connectivity index (χ0n) is 13.9. The highest BCUT2D eigenvalue weighted by atomic mass is 35.5. The van der Waals surface area contributed by atoms with E-state index in [0.717, 1.165) is 11.5 Å². The lowest BCUT2D eigenvalue weighted by Crippen LogP contribution is -2.37. The topological polar surface area (TPSA) is 38.3 Å². The number of para-hydroxylation sites is 1. The van der Waals surface area contributed by atoms with E-state index in [0.29, 0.717) is 17.3 Å². The van der Waals surface area contributed by atoms with E-state index in [1.165, 1.54) is 11.1 Å². The number of hydrogen-bond donors (Lipinski definition) is 1. The predicted octanol–water partition coefficient (Wildman–Crippen LogP) is 4.47. The summed E-state index contributed by atoms with van der Waals surface area (Å²) in [5.41, 5.74) is 2.57. The Labute approximate surface area is 152 Å². The van der Waals surface area contributed by atoms with Gasteiger partial charge < -0.3 is 10.1 Å². The number of ether oxygens (including phenoxy) is 1. The first-order valence-electron chi connectivity index (χ1n) is 7.88. The van der Waals surface area contributed by atoms with Crippen molar-refractivity contribution in [1.82, 2.24) is 5.32 Å². The number of nitrogens with one attached hydrogen (secondary N) is 1. The zero-order chi connectivity index (χ0) is 17.4. The Bertz CT molecular complexity index is 661. The number of thioether (sulfide) groups is 1. The number of carbonyl (C=O) groups is 1. The number of carbonyl (C=O) groups excluding carboxylic acids is 1. The summed E-state index contributed by atoms with van der Waals surface area (Å²) in [6.07, 6.45) is -0.577. The summed E-state index contributed by atoms with van der Waals surface area (Å²) >= 11 is 7.82. The van der Waals surface area contributed by atoms with Crippen LogP contribution in [-0.4, -0.2) is 24.3 Å². The number of aryl methyl sites for hydroxylation is 1. The van der Waals surface area contributed by atoms with Crippen molar-refractivity contribution in [1.29, 1.82) is 0 Å². The van der Waals surface area contributed by atoms with Crippen LogP contribution in [0.25, 0.3) is 0 Å². The third-order valence-corrected chi connectivity index (χ3v) is 4.79. The van der Waals surface area contributed by atoms with E-state index in [9.17, 15) is 4.79 Å². The van der Waals surface area contributed by atoms with Crippen LogP contribution >= 0.6 is 23.4 Å². The van der Waals surface area contributed by atoms with Gasteiger partial charge in [0.2, 0.25) is 0 Å². The second kappa shape index (κ2) is 9.60. The number of halogens is 1. The fourth-order valence-electron chi connectivity index (χ4n) is 2.05. The van der Waals surface area contributed by atoms with Crippen molar-refractivity contribution in [3.63, 3.8) is 0 Å². The molecule has 0 aromatic heterocycles. The first-order valence-corrected chi connectivity index (χ1v) is 9.41. The Morgan fingerprint density at radius 1 is 1.21 bits per heavy atom. The summed E-state index contributed by atoms with van der Waals surface area (Å²) in [6, 6.07) is 15.7. The van der Waals surface area contributed by atoms with Gasteiger partial charge in [0.15, 0.2) is 6.10 Å². The number of rotatable bonds is 8. The van der Waals surface area contributed by atoms with Gasteiger partial charge in [-0.1, -0.05) is 53.6 Å². The average Bonchev–Trinajstić information content (AvgIpc) is 2.58. The largest absolute Gasteiger partial charge is 0.479 e. The van der Waals surface area contributed by atoms with Gasteiger partial charge in [-0.25, -0.2) is 0 Å². The van der Waals surface area contributed by atoms with Crippen molar-refractivity contribution < 1.29 is 9.53 Å². The Morgan fingerprint density at radius 2 is 1.92 bits per heavy atom. The van der Waals surface area contributed by atoms with Crippen LogP contribution in [0.2, 0.25) is 5.02 Å². The maximum absolute atomic E-state index is 12.0. The molecule has 5 heteroatoms. The number of benzene rings is 2. The third-order valence-electron chi connectivity index (χ3n) is 3.44. The Kier molecular flexibility index (Phi) is 7.47. The molecule has 2 aromatic rings. The van der Waals surface area contributed by atoms with Crippen LogP contribution in [0.4, 0.5) is 0 Å². The lowest BCUT2D eigenvalue weighted by Gasteiger charge is -2.15. The second-order valence-electron chi connectivity index (χ2n) is 5.52. The van der Waals surface area contributed by atoms with Crippen LogP contribution in [0.3, 0.4) is 0 Å². The van der Waals surface area contributed by atoms with E-state index in [1.54, 1.807) is 30.8 Å². The Balaban J connectivity index is 1.65. The van der Waals surface area contributed by atoms with Gasteiger partial charge in [-0.2, -0.15) is 11.8 Å². The van der Waals surface area contributed by atoms with E-state index in [2.05, 4.69) is 36.5 Å². The summed E-state index contributed by atoms with van der Waals surface area (Å²) in [4.78, 5) is 12.0. The standard InChI is InChI=1S/C19H22ClNO2S/c1-14-7-9-16(10-8-14)13-24-12-11-21-19(22)15(2)23-18-6-4-3-5-17(18)20/h3-10,15H,11-13H2,1-2H3,(H,21,22)/t15-/m1/s1. The van der Waals surface area contributed by atoms with Crippen LogP contribution in [0.1, 0.15) is 18.1 Å². The molecule has 0 heterocycles. The maximum atomic E-state index is 12.0. The van der Waals surface area contributed by atoms with Gasteiger partial charge in [0.05, 0.1) is 5.02 Å². The molecule has 1 N–H and O–H groups in total. The maximum Gasteiger partial charge on any atom is 0.260 e. The van der Waals surface area contributed by atoms with Crippen LogP contribution < -0.4 is 10.1 Å². The molecule has 128 valence electrons. The van der Waals surface area contributed by atoms with Crippen molar-refractivity contribution in [2.24, 2.45) is 0 Å². The molecule has 0 aliphatic rings. The lowest BCUT2D eigenvalue weighted by atomic mass is 10.2. The lowest BCUT2D eigenvalue weighted by molar-refractivity contribution is -0.127. The number of hydrogen-bond acceptors (Lipinski definition) is 3. The molecule has 2 rings (SSSR count). The van der Waals surface area contributed by atoms with Crippen molar-refractivity contribution >= 4 is 29.3 Å². The molecule has 0 unspecified atom stereocenters. The molecule has 24 heavy (non-hydrogen) atoms. The summed E-state index contributed by atoms with van der Waals surface area (Å²) in [6.45, 7) is 4.42. The van der Waals surface area contributed by atoms with Crippen molar-refractivity contribution in [2.45, 2.75) is 25.7 Å². The molecule has 1 amide bonds. The quantitative estimate of drug-likeness (QED) is 0.703. The zero-order valence-corrected chi connectivity index (χ0v) is 15.5. The van der Waals surface area contributed by atoms with E-state index < -0.39 is 6.10 Å². The van der Waals surface area contributed by atoms with E-state index in [-0.39, 0.29) is 5.91 Å². The van der Waals surface area contributed by atoms with Gasteiger partial charge in [-0.15, -0.1) is 0 Å². The summed E-state index contributed by atoms with van der Waals surface area (Å²) < 4.78 is 5.59. The molecule has 0 aliphatic heterocycles. The normalized spacial score (nSPS) is 11.8. The Morgan fingerprint density at radius 3 is 2.62 bits per heavy atom. The fraction of sp³-hybridized carbons (Fsp3) is 0.316. The van der Waals surface area contributed by atoms with Gasteiger partial charge >= 0.3 is 0 Å². The summed E-state index contributed by atoms with van der Waals surface area (Å²) in [7, 11) is 0. The Hall–Kier alpha value is -1.65. The number of amides is 1. The molecule has 0 radical (unpaired) electrons. The van der Waals surface area contributed by atoms with Crippen LogP contribution in [0.15, 0.2) is 48.5 Å². The summed E-state index contributed by atoms with van der Waals surface area (Å²) in [5.74, 6) is 2.20. The predicted molar refractivity (Wildman–Crippen MR) is 102 cm³/mol. The monoisotopic (exact) mass is 363 g/mol. The molecule has 2 aromatic carbocycles. The van der Waals surface area contributed by atoms with Gasteiger partial charge in [-0.05, 0) is 31.5 Å². The fourth-order valence-corrected chi connectivity index (χ4v) is 3.05. The van der Waals surface area contributed by atoms with Gasteiger partial charge in [-0.3, -0.25) is 4.79 Å². The molecule has 0 saturated heterocycles. The molecular formula is C19H22ClNO2S. The van der Waals surface area contributed by atoms with Gasteiger partial charge in [0.1, 0.15) is 5.75 Å². The molecule has 3 nitrogen and oxygen atoms in total. The highest BCUT2D eigenvalue weighted by Gasteiger charge is 2.15. The molecule has 0 aliphatic carbocycles. The molecular weight excluding hydrogens is 342 g/mol. The highest BCUT2D eigenvalue weighted by Crippen LogP contribution is 2.24. The average molecular weight is 364 g/mol. The molecule has 1 atom stereocenters. The van der Waals surface area contributed by atoms with Crippen molar-refractivity contribution in [3.05, 3.63) is 64.7 Å². The smallest absolute Gasteiger partial charge is 0.260 e. The van der Waals surface area contributed by atoms with E-state index in [1.807, 2.05) is 12.1 Å². The minimum absolute atomic E-state index is 0.133. The minimum Gasteiger partial charge on any atom is -0.479 e. The minimum atomic E-state index is -0.577. The third kappa shape index (κ3) is 6.10. The van der Waals surface area contributed by atoms with Gasteiger partial charge in [0.25, 0.3) is 5.91 Å². The first kappa shape index (κ1) is 18.7. The molecule has 0 saturated carbocycles. The highest BCUT2D eigenvalue weighted by molar-refractivity contribution is 7.98. The summed E-state index contributed by atoms with van der Waals surface area (Å²) in [5, 5.41) is 3.40. The van der Waals surface area contributed by atoms with Crippen LogP contribution in [0.5, 0.6) is 5.75 Å². The molecule has 0 fully saturated rings. The van der Waals surface area contributed by atoms with Crippen LogP contribution in [-0.2, 0) is 10.5 Å². The molecule has 0 bridgehead atoms. The second-order valence-corrected chi connectivity index (χ2v) is 7.03. The van der Waals surface area contributed by atoms with E-state index in [4.69, 9.17) is 16.3 Å². The SMILES string of the molecule is Cc1ccc(CSCCNC(=O)[C@@H](C)Oc2ccccc2Cl)cc1. The van der Waals surface area contributed by atoms with Crippen molar-refractivity contribution in [3.8, 4) is 5.75 Å².